The Morgan fingerprint density at radius 2 is 1.67 bits per heavy atom. The molecule has 0 saturated carbocycles. The van der Waals surface area contributed by atoms with Crippen molar-refractivity contribution in [2.75, 3.05) is 26.2 Å². The van der Waals surface area contributed by atoms with E-state index < -0.39 is 5.97 Å². The van der Waals surface area contributed by atoms with E-state index in [1.807, 2.05) is 0 Å². The molecule has 1 fully saturated rings. The Hall–Kier alpha value is -2.43. The minimum atomic E-state index is -0.682. The molecule has 4 rings (SSSR count). The molecule has 0 spiro atoms. The Bertz CT molecular complexity index is 796. The summed E-state index contributed by atoms with van der Waals surface area (Å²) >= 11 is 0. The van der Waals surface area contributed by atoms with Crippen LogP contribution in [0.25, 0.3) is 12.2 Å². The van der Waals surface area contributed by atoms with Gasteiger partial charge in [-0.15, -0.1) is 0 Å². The fraction of sp³-hybridized carbons (Fsp3) is 0.348. The number of fused-ring (bicyclic) bond motifs is 2. The third kappa shape index (κ3) is 3.97. The van der Waals surface area contributed by atoms with Gasteiger partial charge in [-0.1, -0.05) is 60.7 Å². The summed E-state index contributed by atoms with van der Waals surface area (Å²) in [5, 5.41) is 9.27. The van der Waals surface area contributed by atoms with Crippen molar-refractivity contribution in [2.24, 2.45) is 5.92 Å². The standard InChI is InChI=1S/C23H25NO3/c25-23(26)19-8-5-13-24(16-19)14-15-27-22-20-9-3-1-6-17(20)11-12-18-7-2-4-10-21(18)22/h1-4,6-7,9-12,19,22H,5,8,13-16H2,(H,25,26). The summed E-state index contributed by atoms with van der Waals surface area (Å²) in [5.74, 6) is -0.930. The lowest BCUT2D eigenvalue weighted by molar-refractivity contribution is -0.143. The van der Waals surface area contributed by atoms with Crippen molar-refractivity contribution >= 4 is 18.1 Å². The van der Waals surface area contributed by atoms with Crippen molar-refractivity contribution in [3.8, 4) is 0 Å². The first kappa shape index (κ1) is 18.0. The number of benzene rings is 2. The van der Waals surface area contributed by atoms with Crippen LogP contribution in [0.1, 0.15) is 41.2 Å². The van der Waals surface area contributed by atoms with E-state index in [2.05, 4.69) is 65.6 Å². The van der Waals surface area contributed by atoms with Gasteiger partial charge in [0.2, 0.25) is 0 Å². The molecule has 0 bridgehead atoms. The van der Waals surface area contributed by atoms with Crippen LogP contribution in [0.4, 0.5) is 0 Å². The van der Waals surface area contributed by atoms with Crippen molar-refractivity contribution in [1.82, 2.24) is 4.90 Å². The molecule has 1 unspecified atom stereocenters. The maximum Gasteiger partial charge on any atom is 0.307 e. The third-order valence-corrected chi connectivity index (χ3v) is 5.55. The van der Waals surface area contributed by atoms with Gasteiger partial charge in [0, 0.05) is 13.1 Å². The van der Waals surface area contributed by atoms with E-state index in [0.29, 0.717) is 13.2 Å². The molecule has 1 aliphatic heterocycles. The summed E-state index contributed by atoms with van der Waals surface area (Å²) in [4.78, 5) is 13.5. The van der Waals surface area contributed by atoms with Gasteiger partial charge in [-0.3, -0.25) is 4.79 Å². The number of ether oxygens (including phenoxy) is 1. The lowest BCUT2D eigenvalue weighted by atomic mass is 9.96. The summed E-state index contributed by atoms with van der Waals surface area (Å²) in [7, 11) is 0. The summed E-state index contributed by atoms with van der Waals surface area (Å²) in [6.45, 7) is 2.92. The molecule has 0 aromatic heterocycles. The van der Waals surface area contributed by atoms with Crippen LogP contribution in [-0.2, 0) is 9.53 Å². The van der Waals surface area contributed by atoms with E-state index in [9.17, 15) is 9.90 Å². The normalized spacial score (nSPS) is 19.9. The number of carbonyl (C=O) groups is 1. The van der Waals surface area contributed by atoms with Gasteiger partial charge in [-0.05, 0) is 41.6 Å². The third-order valence-electron chi connectivity index (χ3n) is 5.55. The minimum Gasteiger partial charge on any atom is -0.481 e. The molecule has 2 aromatic carbocycles. The summed E-state index contributed by atoms with van der Waals surface area (Å²) in [5.41, 5.74) is 4.73. The van der Waals surface area contributed by atoms with Gasteiger partial charge in [0.15, 0.2) is 0 Å². The first-order valence-corrected chi connectivity index (χ1v) is 9.65. The molecule has 0 radical (unpaired) electrons. The zero-order chi connectivity index (χ0) is 18.6. The smallest absolute Gasteiger partial charge is 0.307 e. The van der Waals surface area contributed by atoms with Crippen molar-refractivity contribution < 1.29 is 14.6 Å². The number of nitrogens with zero attached hydrogens (tertiary/aromatic N) is 1. The number of aliphatic carboxylic acids is 1. The molecule has 4 nitrogen and oxygen atoms in total. The zero-order valence-electron chi connectivity index (χ0n) is 15.4. The van der Waals surface area contributed by atoms with E-state index in [-0.39, 0.29) is 12.0 Å². The maximum atomic E-state index is 11.3. The summed E-state index contributed by atoms with van der Waals surface area (Å²) in [6.07, 6.45) is 5.92. The van der Waals surface area contributed by atoms with Crippen LogP contribution < -0.4 is 0 Å². The summed E-state index contributed by atoms with van der Waals surface area (Å²) in [6, 6.07) is 16.7. The van der Waals surface area contributed by atoms with E-state index in [1.165, 1.54) is 22.3 Å². The number of hydrogen-bond acceptors (Lipinski definition) is 3. The molecule has 1 N–H and O–H groups in total. The van der Waals surface area contributed by atoms with Crippen LogP contribution in [0.2, 0.25) is 0 Å². The fourth-order valence-corrected chi connectivity index (χ4v) is 4.09. The molecule has 27 heavy (non-hydrogen) atoms. The van der Waals surface area contributed by atoms with Crippen LogP contribution >= 0.6 is 0 Å². The summed E-state index contributed by atoms with van der Waals surface area (Å²) < 4.78 is 6.39. The molecule has 4 heteroatoms. The Morgan fingerprint density at radius 3 is 2.30 bits per heavy atom. The second kappa shape index (κ2) is 8.07. The Balaban J connectivity index is 1.48. The highest BCUT2D eigenvalue weighted by Crippen LogP contribution is 2.35. The van der Waals surface area contributed by atoms with Gasteiger partial charge in [0.1, 0.15) is 6.10 Å². The van der Waals surface area contributed by atoms with E-state index in [4.69, 9.17) is 4.74 Å². The van der Waals surface area contributed by atoms with Crippen molar-refractivity contribution in [3.63, 3.8) is 0 Å². The number of rotatable bonds is 5. The largest absolute Gasteiger partial charge is 0.481 e. The number of carboxylic acid groups (broad SMARTS) is 1. The molecule has 1 atom stereocenters. The molecule has 0 amide bonds. The molecule has 2 aromatic rings. The Labute approximate surface area is 160 Å². The highest BCUT2D eigenvalue weighted by atomic mass is 16.5. The first-order chi connectivity index (χ1) is 13.2. The molecule has 2 aliphatic rings. The minimum absolute atomic E-state index is 0.104. The van der Waals surface area contributed by atoms with Gasteiger partial charge < -0.3 is 14.7 Å². The van der Waals surface area contributed by atoms with Gasteiger partial charge in [0.25, 0.3) is 0 Å². The second-order valence-electron chi connectivity index (χ2n) is 7.32. The number of hydrogen-bond donors (Lipinski definition) is 1. The molecular formula is C23H25NO3. The van der Waals surface area contributed by atoms with Gasteiger partial charge in [-0.25, -0.2) is 0 Å². The lowest BCUT2D eigenvalue weighted by Gasteiger charge is -2.31. The van der Waals surface area contributed by atoms with Crippen LogP contribution in [0.15, 0.2) is 48.5 Å². The topological polar surface area (TPSA) is 49.8 Å². The predicted molar refractivity (Wildman–Crippen MR) is 106 cm³/mol. The number of piperidine rings is 1. The van der Waals surface area contributed by atoms with Crippen molar-refractivity contribution in [2.45, 2.75) is 18.9 Å². The number of carboxylic acids is 1. The molecule has 1 aliphatic carbocycles. The van der Waals surface area contributed by atoms with E-state index >= 15 is 0 Å². The molecular weight excluding hydrogens is 338 g/mol. The maximum absolute atomic E-state index is 11.3. The monoisotopic (exact) mass is 363 g/mol. The van der Waals surface area contributed by atoms with Gasteiger partial charge in [0.05, 0.1) is 12.5 Å². The SMILES string of the molecule is O=C(O)C1CCCN(CCOC2c3ccccc3C=Cc3ccccc32)C1. The van der Waals surface area contributed by atoms with Gasteiger partial charge >= 0.3 is 5.97 Å². The van der Waals surface area contributed by atoms with Crippen molar-refractivity contribution in [1.29, 1.82) is 0 Å². The predicted octanol–water partition coefficient (Wildman–Crippen LogP) is 4.07. The molecule has 1 heterocycles. The Kier molecular flexibility index (Phi) is 5.37. The average Bonchev–Trinajstić information content (AvgIpc) is 2.86. The van der Waals surface area contributed by atoms with Crippen LogP contribution in [0.3, 0.4) is 0 Å². The highest BCUT2D eigenvalue weighted by Gasteiger charge is 2.26. The quantitative estimate of drug-likeness (QED) is 0.870. The fourth-order valence-electron chi connectivity index (χ4n) is 4.09. The van der Waals surface area contributed by atoms with Crippen molar-refractivity contribution in [3.05, 3.63) is 70.8 Å². The highest BCUT2D eigenvalue weighted by molar-refractivity contribution is 5.76. The lowest BCUT2D eigenvalue weighted by Crippen LogP contribution is -2.40. The van der Waals surface area contributed by atoms with Gasteiger partial charge in [-0.2, -0.15) is 0 Å². The van der Waals surface area contributed by atoms with Crippen LogP contribution in [0, 0.1) is 5.92 Å². The van der Waals surface area contributed by atoms with Crippen LogP contribution in [0.5, 0.6) is 0 Å². The van der Waals surface area contributed by atoms with Crippen LogP contribution in [-0.4, -0.2) is 42.2 Å². The first-order valence-electron chi connectivity index (χ1n) is 9.65. The molecule has 140 valence electrons. The van der Waals surface area contributed by atoms with E-state index in [0.717, 1.165) is 25.9 Å². The second-order valence-corrected chi connectivity index (χ2v) is 7.32. The number of likely N-dealkylation sites (tertiary alicyclic amines) is 1. The zero-order valence-corrected chi connectivity index (χ0v) is 15.4. The average molecular weight is 363 g/mol. The van der Waals surface area contributed by atoms with E-state index in [1.54, 1.807) is 0 Å². The molecule has 1 saturated heterocycles. The Morgan fingerprint density at radius 1 is 1.04 bits per heavy atom.